The van der Waals surface area contributed by atoms with Crippen molar-refractivity contribution in [3.8, 4) is 0 Å². The van der Waals surface area contributed by atoms with E-state index in [2.05, 4.69) is 5.32 Å². The molecule has 0 saturated heterocycles. The summed E-state index contributed by atoms with van der Waals surface area (Å²) in [5.74, 6) is 0.285. The molecule has 0 bridgehead atoms. The second-order valence-electron chi connectivity index (χ2n) is 3.17. The summed E-state index contributed by atoms with van der Waals surface area (Å²) in [7, 11) is 0. The first kappa shape index (κ1) is 11.8. The number of hydrogen-bond donors (Lipinski definition) is 1. The van der Waals surface area contributed by atoms with Crippen LogP contribution in [0.4, 0.5) is 13.2 Å². The van der Waals surface area contributed by atoms with Gasteiger partial charge in [0.2, 0.25) is 0 Å². The van der Waals surface area contributed by atoms with Crippen molar-refractivity contribution in [3.05, 3.63) is 0 Å². The topological polar surface area (TPSA) is 12.0 Å². The molecular formula is C8H16F3N. The zero-order chi connectivity index (χ0) is 9.78. The fourth-order valence-corrected chi connectivity index (χ4v) is 0.831. The summed E-state index contributed by atoms with van der Waals surface area (Å²) in [4.78, 5) is 0. The summed E-state index contributed by atoms with van der Waals surface area (Å²) in [6.07, 6.45) is -3.20. The molecule has 0 aromatic rings. The van der Waals surface area contributed by atoms with E-state index < -0.39 is 12.7 Å². The van der Waals surface area contributed by atoms with Gasteiger partial charge in [-0.15, -0.1) is 0 Å². The summed E-state index contributed by atoms with van der Waals surface area (Å²) in [6.45, 7) is 4.79. The largest absolute Gasteiger partial charge is 0.401 e. The molecule has 1 N–H and O–H groups in total. The van der Waals surface area contributed by atoms with Crippen molar-refractivity contribution >= 4 is 0 Å². The van der Waals surface area contributed by atoms with E-state index in [4.69, 9.17) is 0 Å². The maximum atomic E-state index is 11.7. The lowest BCUT2D eigenvalue weighted by molar-refractivity contribution is -0.126. The third kappa shape index (κ3) is 5.41. The Balaban J connectivity index is 3.64. The van der Waals surface area contributed by atoms with Gasteiger partial charge in [0.25, 0.3) is 0 Å². The fourth-order valence-electron chi connectivity index (χ4n) is 0.831. The first-order chi connectivity index (χ1) is 5.37. The van der Waals surface area contributed by atoms with E-state index in [0.29, 0.717) is 0 Å². The quantitative estimate of drug-likeness (QED) is 0.706. The molecule has 0 spiro atoms. The highest BCUT2D eigenvalue weighted by atomic mass is 19.4. The molecule has 0 aliphatic carbocycles. The Bertz CT molecular complexity index is 122. The van der Waals surface area contributed by atoms with E-state index in [1.54, 1.807) is 6.92 Å². The minimum absolute atomic E-state index is 0.0726. The maximum Gasteiger partial charge on any atom is 0.401 e. The zero-order valence-electron chi connectivity index (χ0n) is 7.70. The molecule has 0 aliphatic heterocycles. The van der Waals surface area contributed by atoms with Crippen molar-refractivity contribution in [1.82, 2.24) is 5.32 Å². The third-order valence-corrected chi connectivity index (χ3v) is 2.12. The molecule has 0 fully saturated rings. The first-order valence-electron chi connectivity index (χ1n) is 4.17. The Morgan fingerprint density at radius 3 is 2.08 bits per heavy atom. The molecule has 2 atom stereocenters. The molecule has 4 heteroatoms. The van der Waals surface area contributed by atoms with E-state index in [1.807, 2.05) is 13.8 Å². The number of hydrogen-bond acceptors (Lipinski definition) is 1. The van der Waals surface area contributed by atoms with Crippen molar-refractivity contribution in [1.29, 1.82) is 0 Å². The zero-order valence-corrected chi connectivity index (χ0v) is 7.70. The van der Waals surface area contributed by atoms with Crippen molar-refractivity contribution in [2.45, 2.75) is 39.4 Å². The van der Waals surface area contributed by atoms with Crippen LogP contribution in [0, 0.1) is 5.92 Å². The van der Waals surface area contributed by atoms with Gasteiger partial charge in [-0.25, -0.2) is 0 Å². The molecule has 74 valence electrons. The molecule has 0 amide bonds. The average molecular weight is 183 g/mol. The fraction of sp³-hybridized carbons (Fsp3) is 1.00. The number of rotatable bonds is 4. The Morgan fingerprint density at radius 1 is 1.25 bits per heavy atom. The van der Waals surface area contributed by atoms with Crippen LogP contribution in [0.5, 0.6) is 0 Å². The van der Waals surface area contributed by atoms with Gasteiger partial charge in [0.05, 0.1) is 6.54 Å². The van der Waals surface area contributed by atoms with Crippen LogP contribution in [0.25, 0.3) is 0 Å². The lowest BCUT2D eigenvalue weighted by atomic mass is 10.0. The van der Waals surface area contributed by atoms with Crippen LogP contribution in [0.15, 0.2) is 0 Å². The van der Waals surface area contributed by atoms with Gasteiger partial charge < -0.3 is 5.32 Å². The Kier molecular flexibility index (Phi) is 4.60. The lowest BCUT2D eigenvalue weighted by Gasteiger charge is -2.20. The van der Waals surface area contributed by atoms with Crippen LogP contribution < -0.4 is 5.32 Å². The first-order valence-corrected chi connectivity index (χ1v) is 4.17. The number of halogens is 3. The van der Waals surface area contributed by atoms with Crippen LogP contribution in [0.2, 0.25) is 0 Å². The Labute approximate surface area is 71.3 Å². The summed E-state index contributed by atoms with van der Waals surface area (Å²) in [5, 5.41) is 2.45. The lowest BCUT2D eigenvalue weighted by Crippen LogP contribution is -2.38. The minimum Gasteiger partial charge on any atom is -0.306 e. The molecule has 0 unspecified atom stereocenters. The van der Waals surface area contributed by atoms with Crippen molar-refractivity contribution in [2.24, 2.45) is 5.92 Å². The molecule has 0 aromatic carbocycles. The van der Waals surface area contributed by atoms with Gasteiger partial charge in [0, 0.05) is 6.04 Å². The molecular weight excluding hydrogens is 167 g/mol. The normalized spacial score (nSPS) is 17.5. The molecule has 0 radical (unpaired) electrons. The predicted octanol–water partition coefficient (Wildman–Crippen LogP) is 2.57. The second kappa shape index (κ2) is 4.70. The van der Waals surface area contributed by atoms with Gasteiger partial charge in [-0.3, -0.25) is 0 Å². The molecule has 1 nitrogen and oxygen atoms in total. The molecule has 0 heterocycles. The SMILES string of the molecule is CC[C@@H](C)[C@H](C)NCC(F)(F)F. The predicted molar refractivity (Wildman–Crippen MR) is 43.0 cm³/mol. The molecule has 12 heavy (non-hydrogen) atoms. The summed E-state index contributed by atoms with van der Waals surface area (Å²) >= 11 is 0. The Morgan fingerprint density at radius 2 is 1.75 bits per heavy atom. The van der Waals surface area contributed by atoms with E-state index in [1.165, 1.54) is 0 Å². The third-order valence-electron chi connectivity index (χ3n) is 2.12. The maximum absolute atomic E-state index is 11.7. The van der Waals surface area contributed by atoms with Crippen molar-refractivity contribution < 1.29 is 13.2 Å². The number of nitrogens with one attached hydrogen (secondary N) is 1. The van der Waals surface area contributed by atoms with E-state index >= 15 is 0 Å². The Hall–Kier alpha value is -0.250. The van der Waals surface area contributed by atoms with Crippen LogP contribution in [-0.4, -0.2) is 18.8 Å². The molecule has 0 aliphatic rings. The van der Waals surface area contributed by atoms with Crippen LogP contribution in [0.1, 0.15) is 27.2 Å². The van der Waals surface area contributed by atoms with Gasteiger partial charge in [0.15, 0.2) is 0 Å². The van der Waals surface area contributed by atoms with Crippen molar-refractivity contribution in [2.75, 3.05) is 6.54 Å². The van der Waals surface area contributed by atoms with Crippen LogP contribution in [-0.2, 0) is 0 Å². The highest BCUT2D eigenvalue weighted by molar-refractivity contribution is 4.68. The van der Waals surface area contributed by atoms with E-state index in [0.717, 1.165) is 6.42 Å². The summed E-state index contributed by atoms with van der Waals surface area (Å²) < 4.78 is 35.2. The van der Waals surface area contributed by atoms with E-state index in [-0.39, 0.29) is 12.0 Å². The summed E-state index contributed by atoms with van der Waals surface area (Å²) in [5.41, 5.74) is 0. The van der Waals surface area contributed by atoms with Gasteiger partial charge in [-0.2, -0.15) is 13.2 Å². The van der Waals surface area contributed by atoms with Gasteiger partial charge in [-0.05, 0) is 12.8 Å². The van der Waals surface area contributed by atoms with Gasteiger partial charge >= 0.3 is 6.18 Å². The minimum atomic E-state index is -4.10. The van der Waals surface area contributed by atoms with Crippen molar-refractivity contribution in [3.63, 3.8) is 0 Å². The van der Waals surface area contributed by atoms with Crippen LogP contribution in [0.3, 0.4) is 0 Å². The van der Waals surface area contributed by atoms with E-state index in [9.17, 15) is 13.2 Å². The molecule has 0 saturated carbocycles. The standard InChI is InChI=1S/C8H16F3N/c1-4-6(2)7(3)12-5-8(9,10)11/h6-7,12H,4-5H2,1-3H3/t6-,7+/m1/s1. The second-order valence-corrected chi connectivity index (χ2v) is 3.17. The molecule has 0 aromatic heterocycles. The van der Waals surface area contributed by atoms with Crippen LogP contribution >= 0.6 is 0 Å². The monoisotopic (exact) mass is 183 g/mol. The molecule has 0 rings (SSSR count). The van der Waals surface area contributed by atoms with Gasteiger partial charge in [-0.1, -0.05) is 20.3 Å². The highest BCUT2D eigenvalue weighted by Gasteiger charge is 2.27. The highest BCUT2D eigenvalue weighted by Crippen LogP contribution is 2.14. The number of alkyl halides is 3. The smallest absolute Gasteiger partial charge is 0.306 e. The summed E-state index contributed by atoms with van der Waals surface area (Å²) in [6, 6.07) is -0.0726. The van der Waals surface area contributed by atoms with Gasteiger partial charge in [0.1, 0.15) is 0 Å². The average Bonchev–Trinajstić information content (AvgIpc) is 1.97.